The minimum atomic E-state index is -1.27. The van der Waals surface area contributed by atoms with Gasteiger partial charge >= 0.3 is 103 Å². The smallest absolute Gasteiger partial charge is 1.00 e. The fraction of sp³-hybridized carbons (Fsp3) is 0.373. The molecule has 0 spiro atoms. The van der Waals surface area contributed by atoms with Crippen LogP contribution in [0.15, 0.2) is 111 Å². The number of hydrogen-bond acceptors (Lipinski definition) is 17. The van der Waals surface area contributed by atoms with Crippen LogP contribution in [-0.2, 0) is 30.3 Å². The van der Waals surface area contributed by atoms with Crippen LogP contribution in [0.5, 0.6) is 17.2 Å². The van der Waals surface area contributed by atoms with E-state index in [0.717, 1.165) is 20.3 Å². The Kier molecular flexibility index (Phi) is 39.9. The van der Waals surface area contributed by atoms with Crippen LogP contribution in [0.2, 0.25) is 39.3 Å². The number of carbonyl (C=O) groups excluding carboxylic acids is 3. The van der Waals surface area contributed by atoms with Crippen molar-refractivity contribution in [2.75, 3.05) is 46.7 Å². The maximum Gasteiger partial charge on any atom is 1.00 e. The first-order chi connectivity index (χ1) is 42.7. The minimum Gasteiger partial charge on any atom is -1.00 e. The predicted molar refractivity (Wildman–Crippen MR) is 386 cm³/mol. The van der Waals surface area contributed by atoms with Gasteiger partial charge in [-0.05, 0) is 137 Å². The zero-order valence-electron chi connectivity index (χ0n) is 55.4. The first kappa shape index (κ1) is 91.1. The third kappa shape index (κ3) is 27.6. The van der Waals surface area contributed by atoms with Crippen molar-refractivity contribution in [1.29, 1.82) is 0 Å². The monoisotopic (exact) mass is 1610 g/mol. The fourth-order valence-electron chi connectivity index (χ4n) is 9.19. The molecule has 2 fully saturated rings. The summed E-state index contributed by atoms with van der Waals surface area (Å²) in [5.74, 6) is 17.4. The fourth-order valence-corrected chi connectivity index (χ4v) is 14.3. The van der Waals surface area contributed by atoms with Gasteiger partial charge in [-0.1, -0.05) is 123 Å². The normalized spacial score (nSPS) is 19.8. The number of nitrogens with two attached hydrogens (primary N) is 2. The molecule has 95 heavy (non-hydrogen) atoms. The molecule has 17 nitrogen and oxygen atoms in total. The van der Waals surface area contributed by atoms with Crippen LogP contribution in [0.3, 0.4) is 0 Å². The second kappa shape index (κ2) is 41.6. The first-order valence-corrected chi connectivity index (χ1v) is 39.0. The van der Waals surface area contributed by atoms with E-state index in [1.54, 1.807) is 98.9 Å². The minimum absolute atomic E-state index is 0. The van der Waals surface area contributed by atoms with Crippen LogP contribution in [0.25, 0.3) is 0 Å². The summed E-state index contributed by atoms with van der Waals surface area (Å²) >= 11 is 12.2. The molecule has 0 saturated heterocycles. The summed E-state index contributed by atoms with van der Waals surface area (Å²) in [5, 5.41) is 18.5. The average molecular weight is 1620 g/mol. The molecular weight excluding hydrogens is 1540 g/mol. The molecule has 498 valence electrons. The van der Waals surface area contributed by atoms with E-state index in [1.165, 1.54) is 41.9 Å². The van der Waals surface area contributed by atoms with E-state index in [9.17, 15) is 14.0 Å². The molecule has 2 amide bonds. The van der Waals surface area contributed by atoms with Crippen molar-refractivity contribution in [3.05, 3.63) is 140 Å². The molecular formula is C67H80Br3F2K2N9O8S2Si2. The molecule has 5 N–H and O–H groups in total. The number of hydrogen-bond donors (Lipinski definition) is 3. The number of nitrogens with zero attached hydrogens (tertiary/aromatic N) is 7. The number of alkyl halides is 1. The average Bonchev–Trinajstić information content (AvgIpc) is 1.53. The van der Waals surface area contributed by atoms with Gasteiger partial charge in [0.2, 0.25) is 11.8 Å². The van der Waals surface area contributed by atoms with Gasteiger partial charge in [-0.2, -0.15) is 0 Å². The van der Waals surface area contributed by atoms with E-state index in [2.05, 4.69) is 164 Å². The second-order valence-corrected chi connectivity index (χ2v) is 37.5. The van der Waals surface area contributed by atoms with E-state index < -0.39 is 42.5 Å². The zero-order valence-corrected chi connectivity index (χ0v) is 69.0. The molecule has 2 aliphatic carbocycles. The van der Waals surface area contributed by atoms with Gasteiger partial charge in [0.05, 0.1) is 35.0 Å². The van der Waals surface area contributed by atoms with Crippen LogP contribution in [0, 0.1) is 82.9 Å². The molecule has 9 rings (SSSR count). The van der Waals surface area contributed by atoms with Crippen molar-refractivity contribution < 1.29 is 152 Å². The van der Waals surface area contributed by atoms with Gasteiger partial charge in [-0.25, -0.2) is 23.7 Å². The number of pyridine rings is 3. The number of fused-ring (bicyclic) bond motifs is 2. The van der Waals surface area contributed by atoms with Gasteiger partial charge < -0.3 is 47.4 Å². The van der Waals surface area contributed by atoms with Crippen LogP contribution in [0.1, 0.15) is 70.9 Å². The summed E-state index contributed by atoms with van der Waals surface area (Å²) in [6.45, 7) is 17.4. The molecule has 28 heteroatoms. The Morgan fingerprint density at radius 1 is 0.716 bits per heavy atom. The molecule has 6 atom stereocenters. The number of benzene rings is 2. The molecule has 0 radical (unpaired) electrons. The van der Waals surface area contributed by atoms with Gasteiger partial charge in [0.1, 0.15) is 82.6 Å². The van der Waals surface area contributed by atoms with E-state index in [0.29, 0.717) is 58.3 Å². The number of aromatic nitrogens is 3. The Bertz CT molecular complexity index is 3740. The molecule has 2 saturated carbocycles. The number of aromatic hydroxyl groups is 1. The number of aliphatic imine (C=N–C) groups is 2. The maximum atomic E-state index is 15.0. The summed E-state index contributed by atoms with van der Waals surface area (Å²) in [7, 11) is 4.52. The molecule has 0 unspecified atom stereocenters. The summed E-state index contributed by atoms with van der Waals surface area (Å²) in [4.78, 5) is 61.0. The Morgan fingerprint density at radius 3 is 1.52 bits per heavy atom. The van der Waals surface area contributed by atoms with Crippen molar-refractivity contribution >= 4 is 116 Å². The van der Waals surface area contributed by atoms with Crippen LogP contribution >= 0.6 is 71.3 Å². The van der Waals surface area contributed by atoms with Crippen molar-refractivity contribution in [2.24, 2.45) is 33.3 Å². The molecule has 0 bridgehead atoms. The Hall–Kier alpha value is -3.89. The summed E-state index contributed by atoms with van der Waals surface area (Å²) < 4.78 is 40.4. The summed E-state index contributed by atoms with van der Waals surface area (Å²) in [6, 6.07) is 19.6. The predicted octanol–water partition coefficient (Wildman–Crippen LogP) is 5.43. The molecule has 2 aliphatic heterocycles. The number of amides is 2. The zero-order chi connectivity index (χ0) is 68.1. The number of terminal acetylenes is 2. The number of amidine groups is 2. The standard InChI is InChI=1S/C25H23FN4O2S.C17H18FN3OS.C11H14BrNOSi.C6H11BrSi.C5H4BrNO.CH2O3.2CH4.2K.H/c1-5-12-32-18-10-9-17(28-15-18)8-6-16-7-11-20(26)19(13-16)24(2)21-14-25(21,22(31)30(3)4)33-23(27)29-24;1-5-10-6-7-12(18)11(8-10)16(2)13-9-17(13,14(22)21(3)4)23-15(19)20-16;1-15(2,3)8-4-7-14-10-5-6-11(12)13-9-10;1-8(2,3)6-4-5-7;6-5-2-1-4(8)3-7-5;2-1-4-3;;;;;/h1,7,9-11,13,15,21H,12,14H2,2-4H3,(H2,27,29);1,6-8,13H,9H2,2-4H3,(H2,19,20);5-6,9H,7H2,1-3H3;5H2,1-3H3;1-3,8H;1,3H;2*1H4;;;/q;;;;;;;;2*+1;-1/p-1/t21-,24+,25-;13-,16+,17-;;;;;;;;;/m00........./s1. The van der Waals surface area contributed by atoms with Gasteiger partial charge in [-0.3, -0.25) is 24.4 Å². The van der Waals surface area contributed by atoms with Crippen LogP contribution < -0.4 is 129 Å². The summed E-state index contributed by atoms with van der Waals surface area (Å²) in [6.07, 6.45) is 16.4. The topological polar surface area (TPSA) is 244 Å². The third-order valence-electron chi connectivity index (χ3n) is 13.3. The Labute approximate surface area is 682 Å². The van der Waals surface area contributed by atoms with E-state index in [1.807, 2.05) is 26.0 Å². The number of halogens is 5. The van der Waals surface area contributed by atoms with Crippen molar-refractivity contribution in [1.82, 2.24) is 24.8 Å². The van der Waals surface area contributed by atoms with E-state index in [-0.39, 0.29) is 173 Å². The second-order valence-electron chi connectivity index (χ2n) is 23.1. The third-order valence-corrected chi connectivity index (χ3v) is 19.0. The molecule has 5 heterocycles. The van der Waals surface area contributed by atoms with Gasteiger partial charge in [0.25, 0.3) is 6.47 Å². The molecule has 2 aromatic carbocycles. The van der Waals surface area contributed by atoms with E-state index >= 15 is 4.39 Å². The molecule has 4 aliphatic rings. The molecule has 5 aromatic rings. The Balaban J connectivity index is 0. The number of rotatable bonds is 9. The quantitative estimate of drug-likeness (QED) is 0.0317. The summed E-state index contributed by atoms with van der Waals surface area (Å²) in [5.41, 5.74) is 19.2. The number of thioether (sulfide) groups is 2. The van der Waals surface area contributed by atoms with Crippen LogP contribution in [-0.4, -0.2) is 131 Å². The first-order valence-electron chi connectivity index (χ1n) is 27.6. The number of carbonyl (C=O) groups is 3. The maximum absolute atomic E-state index is 15.0. The van der Waals surface area contributed by atoms with Gasteiger partial charge in [-0.15, -0.1) is 23.9 Å². The van der Waals surface area contributed by atoms with Crippen molar-refractivity contribution in [3.8, 4) is 76.7 Å². The Morgan fingerprint density at radius 2 is 1.15 bits per heavy atom. The van der Waals surface area contributed by atoms with Gasteiger partial charge in [0, 0.05) is 62.3 Å². The van der Waals surface area contributed by atoms with Crippen molar-refractivity contribution in [3.63, 3.8) is 0 Å². The van der Waals surface area contributed by atoms with Gasteiger partial charge in [0.15, 0.2) is 10.3 Å². The van der Waals surface area contributed by atoms with E-state index in [4.69, 9.17) is 48.9 Å². The van der Waals surface area contributed by atoms with Crippen LogP contribution in [0.4, 0.5) is 8.78 Å². The number of ether oxygens (including phenoxy) is 2. The SMILES string of the molecule is C.C.C#CCOc1ccc(C#Cc2ccc(F)c([C@@]3(C)N=C(N)S[C@@]4(C(=O)N(C)C)C[C@H]43)c2)nc1.C#Cc1ccc(F)c([C@@]2(C)N=C(N)S[C@@]3(C(=O)N(C)C)C[C@H]32)c1.C[Si](C)(C)C#CCBr.C[Si](C)(C)C#CCOc1ccc(Br)nc1.O=CO[O-].Oc1ccc(Br)nc1.[H-].[K+].[K+]. The largest absolute Gasteiger partial charge is 1.00 e. The van der Waals surface area contributed by atoms with Crippen molar-refractivity contribution in [2.45, 2.75) is 101 Å². The molecule has 3 aromatic heterocycles.